The van der Waals surface area contributed by atoms with E-state index in [2.05, 4.69) is 17.2 Å². The van der Waals surface area contributed by atoms with Gasteiger partial charge in [0.2, 0.25) is 0 Å². The number of hydrogen-bond donors (Lipinski definition) is 1. The standard InChI is InChI=1S/C13H22N2S/c1-2-3-11-8-14-12(16-11)15-9-13(6-7-13)10-4-5-10/h10-11H,2-9H2,1H3,(H,14,15). The van der Waals surface area contributed by atoms with E-state index in [0.29, 0.717) is 5.41 Å². The van der Waals surface area contributed by atoms with Crippen molar-refractivity contribution in [3.8, 4) is 0 Å². The average Bonchev–Trinajstić information content (AvgIpc) is 3.16. The fraction of sp³-hybridized carbons (Fsp3) is 0.923. The van der Waals surface area contributed by atoms with E-state index in [9.17, 15) is 0 Å². The molecule has 1 N–H and O–H groups in total. The Hall–Kier alpha value is -0.180. The lowest BCUT2D eigenvalue weighted by Crippen LogP contribution is -2.28. The summed E-state index contributed by atoms with van der Waals surface area (Å²) in [6, 6.07) is 0. The highest BCUT2D eigenvalue weighted by Crippen LogP contribution is 2.60. The zero-order chi connectivity index (χ0) is 11.0. The van der Waals surface area contributed by atoms with Crippen molar-refractivity contribution < 1.29 is 0 Å². The summed E-state index contributed by atoms with van der Waals surface area (Å²) in [7, 11) is 0. The van der Waals surface area contributed by atoms with Crippen LogP contribution in [0.3, 0.4) is 0 Å². The molecule has 1 aliphatic heterocycles. The van der Waals surface area contributed by atoms with Crippen LogP contribution in [-0.2, 0) is 0 Å². The van der Waals surface area contributed by atoms with Gasteiger partial charge in [-0.2, -0.15) is 0 Å². The topological polar surface area (TPSA) is 24.4 Å². The van der Waals surface area contributed by atoms with Gasteiger partial charge in [-0.05, 0) is 43.4 Å². The quantitative estimate of drug-likeness (QED) is 0.796. The third-order valence-electron chi connectivity index (χ3n) is 4.25. The first-order valence-electron chi connectivity index (χ1n) is 6.77. The Labute approximate surface area is 103 Å². The molecule has 3 heteroatoms. The number of aliphatic imine (C=N–C) groups is 1. The third-order valence-corrected chi connectivity index (χ3v) is 5.47. The molecule has 2 fully saturated rings. The Morgan fingerprint density at radius 2 is 2.25 bits per heavy atom. The Balaban J connectivity index is 1.43. The second-order valence-electron chi connectivity index (χ2n) is 5.66. The van der Waals surface area contributed by atoms with Crippen molar-refractivity contribution in [1.82, 2.24) is 5.32 Å². The fourth-order valence-electron chi connectivity index (χ4n) is 2.82. The zero-order valence-corrected chi connectivity index (χ0v) is 11.0. The van der Waals surface area contributed by atoms with Gasteiger partial charge < -0.3 is 5.32 Å². The molecule has 2 saturated carbocycles. The van der Waals surface area contributed by atoms with E-state index in [1.165, 1.54) is 50.2 Å². The van der Waals surface area contributed by atoms with E-state index < -0.39 is 0 Å². The molecule has 90 valence electrons. The second-order valence-corrected chi connectivity index (χ2v) is 6.95. The summed E-state index contributed by atoms with van der Waals surface area (Å²) in [4.78, 5) is 4.61. The molecule has 2 nitrogen and oxygen atoms in total. The monoisotopic (exact) mass is 238 g/mol. The Morgan fingerprint density at radius 3 is 2.88 bits per heavy atom. The molecular weight excluding hydrogens is 216 g/mol. The highest BCUT2D eigenvalue weighted by molar-refractivity contribution is 8.14. The minimum Gasteiger partial charge on any atom is -0.364 e. The molecule has 0 aromatic carbocycles. The minimum absolute atomic E-state index is 0.700. The van der Waals surface area contributed by atoms with Crippen molar-refractivity contribution in [3.63, 3.8) is 0 Å². The molecule has 0 aromatic heterocycles. The van der Waals surface area contributed by atoms with Crippen LogP contribution in [0, 0.1) is 11.3 Å². The van der Waals surface area contributed by atoms with Gasteiger partial charge in [0.1, 0.15) is 0 Å². The molecule has 0 amide bonds. The van der Waals surface area contributed by atoms with Gasteiger partial charge in [-0.3, -0.25) is 4.99 Å². The van der Waals surface area contributed by atoms with Crippen LogP contribution in [0.4, 0.5) is 0 Å². The molecule has 1 atom stereocenters. The highest BCUT2D eigenvalue weighted by atomic mass is 32.2. The Kier molecular flexibility index (Phi) is 2.90. The van der Waals surface area contributed by atoms with Gasteiger partial charge in [0, 0.05) is 11.8 Å². The summed E-state index contributed by atoms with van der Waals surface area (Å²) in [5, 5.41) is 5.59. The lowest BCUT2D eigenvalue weighted by atomic mass is 10.0. The van der Waals surface area contributed by atoms with Crippen LogP contribution in [0.15, 0.2) is 4.99 Å². The SMILES string of the molecule is CCCC1CN=C(NCC2(C3CC3)CC2)S1. The third kappa shape index (κ3) is 2.24. The molecule has 16 heavy (non-hydrogen) atoms. The molecule has 3 aliphatic rings. The first-order chi connectivity index (χ1) is 7.82. The van der Waals surface area contributed by atoms with Crippen LogP contribution in [-0.4, -0.2) is 23.5 Å². The summed E-state index contributed by atoms with van der Waals surface area (Å²) in [6.07, 6.45) is 8.49. The fourth-order valence-corrected chi connectivity index (χ4v) is 3.95. The van der Waals surface area contributed by atoms with Gasteiger partial charge in [0.15, 0.2) is 5.17 Å². The van der Waals surface area contributed by atoms with Crippen molar-refractivity contribution in [3.05, 3.63) is 0 Å². The number of rotatable bonds is 5. The van der Waals surface area contributed by atoms with E-state index in [1.807, 2.05) is 11.8 Å². The number of nitrogens with one attached hydrogen (secondary N) is 1. The second kappa shape index (κ2) is 4.25. The smallest absolute Gasteiger partial charge is 0.156 e. The predicted octanol–water partition coefficient (Wildman–Crippen LogP) is 3.04. The van der Waals surface area contributed by atoms with Gasteiger partial charge in [-0.15, -0.1) is 0 Å². The molecule has 3 rings (SSSR count). The Bertz CT molecular complexity index is 292. The lowest BCUT2D eigenvalue weighted by molar-refractivity contribution is 0.435. The van der Waals surface area contributed by atoms with Crippen molar-refractivity contribution in [2.75, 3.05) is 13.1 Å². The van der Waals surface area contributed by atoms with Crippen LogP contribution in [0.25, 0.3) is 0 Å². The largest absolute Gasteiger partial charge is 0.364 e. The average molecular weight is 238 g/mol. The molecule has 1 unspecified atom stereocenters. The molecule has 0 radical (unpaired) electrons. The molecule has 0 bridgehead atoms. The molecule has 0 saturated heterocycles. The van der Waals surface area contributed by atoms with E-state index >= 15 is 0 Å². The van der Waals surface area contributed by atoms with Gasteiger partial charge in [0.05, 0.1) is 6.54 Å². The van der Waals surface area contributed by atoms with Gasteiger partial charge in [-0.1, -0.05) is 25.1 Å². The first-order valence-corrected chi connectivity index (χ1v) is 7.65. The Morgan fingerprint density at radius 1 is 1.44 bits per heavy atom. The van der Waals surface area contributed by atoms with Crippen molar-refractivity contribution in [2.24, 2.45) is 16.3 Å². The van der Waals surface area contributed by atoms with E-state index in [0.717, 1.165) is 17.7 Å². The first kappa shape index (κ1) is 10.9. The van der Waals surface area contributed by atoms with Crippen LogP contribution in [0.2, 0.25) is 0 Å². The number of amidine groups is 1. The molecule has 2 aliphatic carbocycles. The van der Waals surface area contributed by atoms with E-state index in [-0.39, 0.29) is 0 Å². The van der Waals surface area contributed by atoms with Gasteiger partial charge in [-0.25, -0.2) is 0 Å². The minimum atomic E-state index is 0.700. The maximum Gasteiger partial charge on any atom is 0.156 e. The van der Waals surface area contributed by atoms with Crippen molar-refractivity contribution in [2.45, 2.75) is 50.7 Å². The van der Waals surface area contributed by atoms with Crippen molar-refractivity contribution in [1.29, 1.82) is 0 Å². The molecule has 0 aromatic rings. The number of nitrogens with zero attached hydrogens (tertiary/aromatic N) is 1. The van der Waals surface area contributed by atoms with Crippen LogP contribution in [0.1, 0.15) is 45.4 Å². The summed E-state index contributed by atoms with van der Waals surface area (Å²) in [5.41, 5.74) is 0.700. The molecule has 1 heterocycles. The summed E-state index contributed by atoms with van der Waals surface area (Å²) in [6.45, 7) is 4.50. The predicted molar refractivity (Wildman–Crippen MR) is 71.0 cm³/mol. The van der Waals surface area contributed by atoms with Crippen molar-refractivity contribution >= 4 is 16.9 Å². The van der Waals surface area contributed by atoms with E-state index in [1.54, 1.807) is 0 Å². The maximum atomic E-state index is 4.61. The summed E-state index contributed by atoms with van der Waals surface area (Å²) < 4.78 is 0. The lowest BCUT2D eigenvalue weighted by Gasteiger charge is -2.15. The number of thioether (sulfide) groups is 1. The summed E-state index contributed by atoms with van der Waals surface area (Å²) >= 11 is 1.97. The van der Waals surface area contributed by atoms with E-state index in [4.69, 9.17) is 0 Å². The van der Waals surface area contributed by atoms with Crippen LogP contribution in [0.5, 0.6) is 0 Å². The molecular formula is C13H22N2S. The summed E-state index contributed by atoms with van der Waals surface area (Å²) in [5.74, 6) is 1.05. The van der Waals surface area contributed by atoms with Crippen LogP contribution < -0.4 is 5.32 Å². The maximum absolute atomic E-state index is 4.61. The van der Waals surface area contributed by atoms with Crippen LogP contribution >= 0.6 is 11.8 Å². The van der Waals surface area contributed by atoms with Gasteiger partial charge >= 0.3 is 0 Å². The number of hydrogen-bond acceptors (Lipinski definition) is 3. The zero-order valence-electron chi connectivity index (χ0n) is 10.2. The molecule has 0 spiro atoms. The highest BCUT2D eigenvalue weighted by Gasteiger charge is 2.53. The van der Waals surface area contributed by atoms with Gasteiger partial charge in [0.25, 0.3) is 0 Å². The normalized spacial score (nSPS) is 31.3.